The van der Waals surface area contributed by atoms with Crippen LogP contribution >= 0.6 is 0 Å². The fourth-order valence-electron chi connectivity index (χ4n) is 1.29. The highest BCUT2D eigenvalue weighted by atomic mass is 16.1. The maximum atomic E-state index is 11.0. The minimum atomic E-state index is -0.107. The third-order valence-electron chi connectivity index (χ3n) is 2.33. The van der Waals surface area contributed by atoms with E-state index >= 15 is 0 Å². The molecular weight excluding hydrogens is 168 g/mol. The third-order valence-corrected chi connectivity index (χ3v) is 2.33. The number of nitrogens with zero attached hydrogens (tertiary/aromatic N) is 2. The van der Waals surface area contributed by atoms with Crippen LogP contribution in [-0.4, -0.2) is 36.1 Å². The number of H-pyrrole nitrogens is 1. The highest BCUT2D eigenvalue weighted by Crippen LogP contribution is 2.10. The molecule has 0 amide bonds. The zero-order valence-electron chi connectivity index (χ0n) is 7.45. The predicted molar refractivity (Wildman–Crippen MR) is 49.9 cm³/mol. The first-order valence-corrected chi connectivity index (χ1v) is 4.25. The summed E-state index contributed by atoms with van der Waals surface area (Å²) in [6.45, 7) is 1.93. The number of aromatic nitrogens is 2. The molecule has 2 N–H and O–H groups in total. The molecule has 2 heterocycles. The molecule has 13 heavy (non-hydrogen) atoms. The summed E-state index contributed by atoms with van der Waals surface area (Å²) in [4.78, 5) is 19.6. The summed E-state index contributed by atoms with van der Waals surface area (Å²) < 4.78 is 0. The van der Waals surface area contributed by atoms with E-state index in [2.05, 4.69) is 15.3 Å². The van der Waals surface area contributed by atoms with E-state index in [1.165, 1.54) is 12.4 Å². The SMILES string of the molecule is CN(c1cc(=O)[nH]cn1)C1CNC1. The number of hydrogen-bond acceptors (Lipinski definition) is 4. The van der Waals surface area contributed by atoms with Gasteiger partial charge >= 0.3 is 0 Å². The Balaban J connectivity index is 2.19. The molecular formula is C8H12N4O. The Bertz CT molecular complexity index is 344. The molecule has 1 aliphatic heterocycles. The molecule has 1 fully saturated rings. The Morgan fingerprint density at radius 3 is 2.92 bits per heavy atom. The van der Waals surface area contributed by atoms with Gasteiger partial charge in [0, 0.05) is 26.2 Å². The van der Waals surface area contributed by atoms with Gasteiger partial charge in [-0.15, -0.1) is 0 Å². The Labute approximate surface area is 75.8 Å². The molecule has 5 heteroatoms. The predicted octanol–water partition coefficient (Wildman–Crippen LogP) is -0.822. The molecule has 0 unspecified atom stereocenters. The minimum absolute atomic E-state index is 0.107. The van der Waals surface area contributed by atoms with Crippen LogP contribution in [0, 0.1) is 0 Å². The Morgan fingerprint density at radius 2 is 2.38 bits per heavy atom. The van der Waals surface area contributed by atoms with Crippen molar-refractivity contribution in [2.24, 2.45) is 0 Å². The highest BCUT2D eigenvalue weighted by Gasteiger charge is 2.22. The van der Waals surface area contributed by atoms with Gasteiger partial charge in [0.2, 0.25) is 0 Å². The van der Waals surface area contributed by atoms with Crippen LogP contribution in [0.4, 0.5) is 5.82 Å². The van der Waals surface area contributed by atoms with Gasteiger partial charge in [-0.05, 0) is 0 Å². The van der Waals surface area contributed by atoms with Gasteiger partial charge in [-0.25, -0.2) is 4.98 Å². The standard InChI is InChI=1S/C8H12N4O/c1-12(6-3-9-4-6)7-2-8(13)11-5-10-7/h2,5-6,9H,3-4H2,1H3,(H,10,11,13). The molecule has 1 aliphatic rings. The van der Waals surface area contributed by atoms with Crippen molar-refractivity contribution in [2.75, 3.05) is 25.0 Å². The van der Waals surface area contributed by atoms with E-state index in [9.17, 15) is 4.79 Å². The lowest BCUT2D eigenvalue weighted by molar-refractivity contribution is 0.426. The third kappa shape index (κ3) is 1.55. The average molecular weight is 180 g/mol. The lowest BCUT2D eigenvalue weighted by Gasteiger charge is -2.36. The summed E-state index contributed by atoms with van der Waals surface area (Å²) in [6, 6.07) is 1.98. The van der Waals surface area contributed by atoms with Crippen LogP contribution in [0.25, 0.3) is 0 Å². The quantitative estimate of drug-likeness (QED) is 0.624. The van der Waals surface area contributed by atoms with E-state index < -0.39 is 0 Å². The Morgan fingerprint density at radius 1 is 1.62 bits per heavy atom. The normalized spacial score (nSPS) is 16.7. The Hall–Kier alpha value is -1.36. The average Bonchev–Trinajstić information content (AvgIpc) is 2.01. The number of likely N-dealkylation sites (N-methyl/N-ethyl adjacent to an activating group) is 1. The number of hydrogen-bond donors (Lipinski definition) is 2. The number of anilines is 1. The van der Waals surface area contributed by atoms with Crippen molar-refractivity contribution in [1.29, 1.82) is 0 Å². The van der Waals surface area contributed by atoms with Gasteiger partial charge < -0.3 is 15.2 Å². The van der Waals surface area contributed by atoms with Gasteiger partial charge in [0.05, 0.1) is 12.4 Å². The monoisotopic (exact) mass is 180 g/mol. The fraction of sp³-hybridized carbons (Fsp3) is 0.500. The largest absolute Gasteiger partial charge is 0.354 e. The number of rotatable bonds is 2. The molecule has 1 saturated heterocycles. The van der Waals surface area contributed by atoms with Crippen LogP contribution < -0.4 is 15.8 Å². The molecule has 2 rings (SSSR count). The lowest BCUT2D eigenvalue weighted by Crippen LogP contribution is -2.56. The molecule has 70 valence electrons. The second kappa shape index (κ2) is 3.18. The zero-order chi connectivity index (χ0) is 9.26. The van der Waals surface area contributed by atoms with Crippen molar-refractivity contribution in [2.45, 2.75) is 6.04 Å². The summed E-state index contributed by atoms with van der Waals surface area (Å²) >= 11 is 0. The first-order valence-electron chi connectivity index (χ1n) is 4.25. The van der Waals surface area contributed by atoms with E-state index in [1.54, 1.807) is 0 Å². The summed E-state index contributed by atoms with van der Waals surface area (Å²) in [5, 5.41) is 3.17. The molecule has 5 nitrogen and oxygen atoms in total. The Kier molecular flexibility index (Phi) is 2.02. The molecule has 0 aromatic carbocycles. The van der Waals surface area contributed by atoms with Crippen LogP contribution in [0.15, 0.2) is 17.2 Å². The van der Waals surface area contributed by atoms with Gasteiger partial charge in [-0.2, -0.15) is 0 Å². The summed E-state index contributed by atoms with van der Waals surface area (Å²) in [5.74, 6) is 0.732. The van der Waals surface area contributed by atoms with Crippen LogP contribution in [-0.2, 0) is 0 Å². The van der Waals surface area contributed by atoms with Gasteiger partial charge in [0.1, 0.15) is 5.82 Å². The number of nitrogens with one attached hydrogen (secondary N) is 2. The van der Waals surface area contributed by atoms with Crippen molar-refractivity contribution in [3.05, 3.63) is 22.7 Å². The molecule has 0 radical (unpaired) electrons. The fourth-order valence-corrected chi connectivity index (χ4v) is 1.29. The van der Waals surface area contributed by atoms with E-state index in [0.29, 0.717) is 6.04 Å². The van der Waals surface area contributed by atoms with Crippen LogP contribution in [0.5, 0.6) is 0 Å². The van der Waals surface area contributed by atoms with Crippen LogP contribution in [0.3, 0.4) is 0 Å². The molecule has 0 saturated carbocycles. The van der Waals surface area contributed by atoms with Crippen molar-refractivity contribution < 1.29 is 0 Å². The summed E-state index contributed by atoms with van der Waals surface area (Å²) in [5.41, 5.74) is -0.107. The van der Waals surface area contributed by atoms with Crippen molar-refractivity contribution in [1.82, 2.24) is 15.3 Å². The molecule has 0 bridgehead atoms. The maximum Gasteiger partial charge on any atom is 0.252 e. The van der Waals surface area contributed by atoms with E-state index in [4.69, 9.17) is 0 Å². The summed E-state index contributed by atoms with van der Waals surface area (Å²) in [6.07, 6.45) is 1.43. The highest BCUT2D eigenvalue weighted by molar-refractivity contribution is 5.37. The van der Waals surface area contributed by atoms with Gasteiger partial charge in [-0.1, -0.05) is 0 Å². The van der Waals surface area contributed by atoms with Gasteiger partial charge in [0.25, 0.3) is 5.56 Å². The minimum Gasteiger partial charge on any atom is -0.354 e. The van der Waals surface area contributed by atoms with Gasteiger partial charge in [0.15, 0.2) is 0 Å². The van der Waals surface area contributed by atoms with E-state index in [-0.39, 0.29) is 5.56 Å². The second-order valence-corrected chi connectivity index (χ2v) is 3.19. The van der Waals surface area contributed by atoms with E-state index in [0.717, 1.165) is 18.9 Å². The first-order chi connectivity index (χ1) is 6.27. The topological polar surface area (TPSA) is 61.0 Å². The van der Waals surface area contributed by atoms with Gasteiger partial charge in [-0.3, -0.25) is 4.79 Å². The molecule has 1 aromatic heterocycles. The van der Waals surface area contributed by atoms with Crippen LogP contribution in [0.1, 0.15) is 0 Å². The lowest BCUT2D eigenvalue weighted by atomic mass is 10.1. The van der Waals surface area contributed by atoms with Crippen LogP contribution in [0.2, 0.25) is 0 Å². The zero-order valence-corrected chi connectivity index (χ0v) is 7.45. The second-order valence-electron chi connectivity index (χ2n) is 3.19. The van der Waals surface area contributed by atoms with Crippen molar-refractivity contribution >= 4 is 5.82 Å². The maximum absolute atomic E-state index is 11.0. The molecule has 0 spiro atoms. The van der Waals surface area contributed by atoms with E-state index in [1.807, 2.05) is 11.9 Å². The molecule has 0 aliphatic carbocycles. The molecule has 0 atom stereocenters. The van der Waals surface area contributed by atoms with Crippen molar-refractivity contribution in [3.8, 4) is 0 Å². The smallest absolute Gasteiger partial charge is 0.252 e. The first kappa shape index (κ1) is 8.25. The number of aromatic amines is 1. The summed E-state index contributed by atoms with van der Waals surface area (Å²) in [7, 11) is 1.95. The van der Waals surface area contributed by atoms with Crippen molar-refractivity contribution in [3.63, 3.8) is 0 Å². The molecule has 1 aromatic rings.